The number of hydrogen-bond donors (Lipinski definition) is 1. The number of carbonyl (C=O) groups is 1. The summed E-state index contributed by atoms with van der Waals surface area (Å²) >= 11 is 0. The van der Waals surface area contributed by atoms with Gasteiger partial charge in [0.15, 0.2) is 6.10 Å². The molecule has 0 amide bonds. The Balaban J connectivity index is 3.84. The lowest BCUT2D eigenvalue weighted by molar-refractivity contribution is -0.143. The first-order valence-electron chi connectivity index (χ1n) is 8.46. The van der Waals surface area contributed by atoms with Gasteiger partial charge in [-0.1, -0.05) is 58.3 Å². The second-order valence-electron chi connectivity index (χ2n) is 5.47. The van der Waals surface area contributed by atoms with Crippen molar-refractivity contribution in [1.82, 2.24) is 0 Å². The van der Waals surface area contributed by atoms with E-state index in [9.17, 15) is 9.90 Å². The van der Waals surface area contributed by atoms with Crippen LogP contribution >= 0.6 is 0 Å². The summed E-state index contributed by atoms with van der Waals surface area (Å²) in [4.78, 5) is 10.8. The minimum absolute atomic E-state index is 0.340. The Morgan fingerprint density at radius 2 is 1.59 bits per heavy atom. The van der Waals surface area contributed by atoms with Crippen molar-refractivity contribution in [2.45, 2.75) is 90.8 Å². The number of ether oxygens (including phenoxy) is 1. The van der Waals surface area contributed by atoms with E-state index in [4.69, 9.17) is 4.74 Å². The fraction of sp³-hybridized carbons (Fsp3) is 0.737. The van der Waals surface area contributed by atoms with Crippen molar-refractivity contribution in [2.75, 3.05) is 0 Å². The molecule has 1 N–H and O–H groups in total. The molecule has 124 valence electrons. The van der Waals surface area contributed by atoms with Crippen molar-refractivity contribution in [2.24, 2.45) is 0 Å². The van der Waals surface area contributed by atoms with Crippen molar-refractivity contribution in [3.8, 4) is 23.7 Å². The van der Waals surface area contributed by atoms with E-state index in [1.165, 1.54) is 39.0 Å². The summed E-state index contributed by atoms with van der Waals surface area (Å²) in [7, 11) is 0. The van der Waals surface area contributed by atoms with Crippen LogP contribution in [-0.2, 0) is 9.53 Å². The molecule has 0 radical (unpaired) electrons. The number of unbranched alkanes of at least 4 members (excludes halogenated alkanes) is 6. The normalized spacial score (nSPS) is 12.4. The van der Waals surface area contributed by atoms with Crippen LogP contribution in [0.25, 0.3) is 0 Å². The molecule has 2 atom stereocenters. The minimum Gasteiger partial charge on any atom is -0.449 e. The molecular formula is C19H30O3. The number of aliphatic hydroxyl groups is 1. The highest BCUT2D eigenvalue weighted by Gasteiger charge is 2.04. The number of aliphatic hydroxyl groups excluding tert-OH is 1. The molecule has 22 heavy (non-hydrogen) atoms. The number of esters is 1. The van der Waals surface area contributed by atoms with E-state index < -0.39 is 12.2 Å². The maximum Gasteiger partial charge on any atom is 0.303 e. The smallest absolute Gasteiger partial charge is 0.303 e. The molecule has 0 aliphatic rings. The van der Waals surface area contributed by atoms with Crippen molar-refractivity contribution >= 4 is 5.97 Å². The highest BCUT2D eigenvalue weighted by atomic mass is 16.5. The van der Waals surface area contributed by atoms with Gasteiger partial charge in [-0.05, 0) is 37.0 Å². The van der Waals surface area contributed by atoms with Gasteiger partial charge in [-0.25, -0.2) is 0 Å². The third-order valence-corrected chi connectivity index (χ3v) is 3.29. The summed E-state index contributed by atoms with van der Waals surface area (Å²) in [5, 5.41) is 9.73. The molecule has 0 aromatic rings. The largest absolute Gasteiger partial charge is 0.449 e. The predicted molar refractivity (Wildman–Crippen MR) is 90.0 cm³/mol. The molecule has 0 saturated carbocycles. The molecule has 0 aromatic carbocycles. The molecule has 0 unspecified atom stereocenters. The SMILES string of the molecule is CCCCCCCCC[C@@H](O)C#CC#C[C@H](CC)OC(C)=O. The Morgan fingerprint density at radius 3 is 2.18 bits per heavy atom. The van der Waals surface area contributed by atoms with Crippen LogP contribution in [0.5, 0.6) is 0 Å². The fourth-order valence-corrected chi connectivity index (χ4v) is 2.02. The van der Waals surface area contributed by atoms with Crippen LogP contribution in [0.3, 0.4) is 0 Å². The van der Waals surface area contributed by atoms with Gasteiger partial charge in [0.2, 0.25) is 0 Å². The van der Waals surface area contributed by atoms with Crippen molar-refractivity contribution < 1.29 is 14.6 Å². The second-order valence-corrected chi connectivity index (χ2v) is 5.47. The Bertz CT molecular complexity index is 406. The van der Waals surface area contributed by atoms with E-state index in [2.05, 4.69) is 30.6 Å². The number of hydrogen-bond acceptors (Lipinski definition) is 3. The van der Waals surface area contributed by atoms with E-state index in [0.717, 1.165) is 12.8 Å². The Hall–Kier alpha value is -1.45. The van der Waals surface area contributed by atoms with Gasteiger partial charge in [-0.3, -0.25) is 4.79 Å². The molecule has 0 rings (SSSR count). The lowest BCUT2D eigenvalue weighted by Gasteiger charge is -2.06. The average molecular weight is 306 g/mol. The highest BCUT2D eigenvalue weighted by Crippen LogP contribution is 2.09. The molecule has 0 aliphatic carbocycles. The van der Waals surface area contributed by atoms with Gasteiger partial charge in [0.05, 0.1) is 0 Å². The van der Waals surface area contributed by atoms with Crippen LogP contribution in [0.4, 0.5) is 0 Å². The van der Waals surface area contributed by atoms with Crippen molar-refractivity contribution in [1.29, 1.82) is 0 Å². The first-order chi connectivity index (χ1) is 10.6. The molecule has 0 saturated heterocycles. The minimum atomic E-state index is -0.612. The van der Waals surface area contributed by atoms with Crippen molar-refractivity contribution in [3.05, 3.63) is 0 Å². The van der Waals surface area contributed by atoms with Gasteiger partial charge in [0.25, 0.3) is 0 Å². The molecule has 0 fully saturated rings. The number of rotatable bonds is 10. The van der Waals surface area contributed by atoms with E-state index in [1.54, 1.807) is 0 Å². The van der Waals surface area contributed by atoms with E-state index in [0.29, 0.717) is 12.8 Å². The average Bonchev–Trinajstić information content (AvgIpc) is 2.49. The first kappa shape index (κ1) is 20.6. The Kier molecular flexibility index (Phi) is 13.5. The third kappa shape index (κ3) is 13.5. The van der Waals surface area contributed by atoms with Crippen LogP contribution < -0.4 is 0 Å². The highest BCUT2D eigenvalue weighted by molar-refractivity contribution is 5.66. The fourth-order valence-electron chi connectivity index (χ4n) is 2.02. The molecule has 3 nitrogen and oxygen atoms in total. The lowest BCUT2D eigenvalue weighted by atomic mass is 10.1. The summed E-state index contributed by atoms with van der Waals surface area (Å²) in [6.45, 7) is 5.47. The van der Waals surface area contributed by atoms with Gasteiger partial charge < -0.3 is 9.84 Å². The van der Waals surface area contributed by atoms with Gasteiger partial charge in [-0.15, -0.1) is 0 Å². The number of carbonyl (C=O) groups excluding carboxylic acids is 1. The zero-order valence-corrected chi connectivity index (χ0v) is 14.3. The maximum absolute atomic E-state index is 10.8. The second kappa shape index (κ2) is 14.5. The molecular weight excluding hydrogens is 276 g/mol. The van der Waals surface area contributed by atoms with E-state index in [1.807, 2.05) is 6.92 Å². The van der Waals surface area contributed by atoms with E-state index >= 15 is 0 Å². The third-order valence-electron chi connectivity index (χ3n) is 3.29. The quantitative estimate of drug-likeness (QED) is 0.379. The summed E-state index contributed by atoms with van der Waals surface area (Å²) < 4.78 is 4.98. The van der Waals surface area contributed by atoms with Gasteiger partial charge in [0, 0.05) is 6.92 Å². The van der Waals surface area contributed by atoms with Crippen LogP contribution in [0.1, 0.15) is 78.6 Å². The molecule has 0 aliphatic heterocycles. The summed E-state index contributed by atoms with van der Waals surface area (Å²) in [6, 6.07) is 0. The Morgan fingerprint density at radius 1 is 1.00 bits per heavy atom. The molecule has 0 bridgehead atoms. The summed E-state index contributed by atoms with van der Waals surface area (Å²) in [5.74, 6) is 10.4. The molecule has 0 heterocycles. The Labute approximate surface area is 135 Å². The zero-order chi connectivity index (χ0) is 16.6. The van der Waals surface area contributed by atoms with Crippen LogP contribution in [0.2, 0.25) is 0 Å². The standard InChI is InChI=1S/C19H30O3/c1-4-6-7-8-9-10-11-14-18(21)15-12-13-16-19(5-2)22-17(3)20/h18-19,21H,4-11,14H2,1-3H3/t18-,19+/m1/s1. The monoisotopic (exact) mass is 306 g/mol. The summed E-state index contributed by atoms with van der Waals surface area (Å²) in [6.07, 6.45) is 8.89. The van der Waals surface area contributed by atoms with Gasteiger partial charge >= 0.3 is 5.97 Å². The molecule has 3 heteroatoms. The molecule has 0 aromatic heterocycles. The summed E-state index contributed by atoms with van der Waals surface area (Å²) in [5.41, 5.74) is 0. The van der Waals surface area contributed by atoms with Gasteiger partial charge in [0.1, 0.15) is 6.10 Å². The zero-order valence-electron chi connectivity index (χ0n) is 14.3. The first-order valence-corrected chi connectivity index (χ1v) is 8.46. The lowest BCUT2D eigenvalue weighted by Crippen LogP contribution is -2.12. The van der Waals surface area contributed by atoms with Crippen molar-refractivity contribution in [3.63, 3.8) is 0 Å². The van der Waals surface area contributed by atoms with Crippen LogP contribution in [-0.4, -0.2) is 23.3 Å². The van der Waals surface area contributed by atoms with Crippen LogP contribution in [0.15, 0.2) is 0 Å². The predicted octanol–water partition coefficient (Wildman–Crippen LogP) is 3.84. The van der Waals surface area contributed by atoms with Crippen LogP contribution in [0, 0.1) is 23.7 Å². The topological polar surface area (TPSA) is 46.5 Å². The van der Waals surface area contributed by atoms with Gasteiger partial charge in [-0.2, -0.15) is 0 Å². The molecule has 0 spiro atoms. The maximum atomic E-state index is 10.8. The van der Waals surface area contributed by atoms with E-state index in [-0.39, 0.29) is 5.97 Å².